The van der Waals surface area contributed by atoms with Gasteiger partial charge < -0.3 is 15.3 Å². The van der Waals surface area contributed by atoms with Crippen LogP contribution in [0.4, 0.5) is 0 Å². The van der Waals surface area contributed by atoms with Gasteiger partial charge in [-0.25, -0.2) is 0 Å². The van der Waals surface area contributed by atoms with Crippen molar-refractivity contribution in [2.24, 2.45) is 11.8 Å². The number of nitrogens with one attached hydrogen (secondary N) is 1. The van der Waals surface area contributed by atoms with E-state index in [4.69, 9.17) is 5.11 Å². The van der Waals surface area contributed by atoms with Gasteiger partial charge in [-0.15, -0.1) is 0 Å². The zero-order valence-electron chi connectivity index (χ0n) is 11.1. The molecule has 0 aromatic heterocycles. The van der Waals surface area contributed by atoms with E-state index in [2.05, 4.69) is 31.0 Å². The smallest absolute Gasteiger partial charge is 0.0468 e. The molecule has 0 saturated carbocycles. The third kappa shape index (κ3) is 4.40. The molecule has 3 heteroatoms. The topological polar surface area (TPSA) is 35.5 Å². The summed E-state index contributed by atoms with van der Waals surface area (Å²) in [6.45, 7) is 11.5. The van der Waals surface area contributed by atoms with Crippen molar-refractivity contribution in [2.75, 3.05) is 32.8 Å². The molecule has 0 aliphatic carbocycles. The number of piperidine rings is 1. The van der Waals surface area contributed by atoms with Crippen molar-refractivity contribution in [1.29, 1.82) is 0 Å². The second kappa shape index (κ2) is 7.25. The van der Waals surface area contributed by atoms with E-state index in [1.165, 1.54) is 25.9 Å². The highest BCUT2D eigenvalue weighted by Gasteiger charge is 2.25. The van der Waals surface area contributed by atoms with Crippen LogP contribution < -0.4 is 5.32 Å². The Kier molecular flexibility index (Phi) is 6.32. The van der Waals surface area contributed by atoms with Crippen molar-refractivity contribution >= 4 is 0 Å². The summed E-state index contributed by atoms with van der Waals surface area (Å²) in [4.78, 5) is 2.50. The van der Waals surface area contributed by atoms with Crippen LogP contribution in [-0.4, -0.2) is 48.8 Å². The van der Waals surface area contributed by atoms with Crippen LogP contribution in [0.25, 0.3) is 0 Å². The fraction of sp³-hybridized carbons (Fsp3) is 1.00. The van der Waals surface area contributed by atoms with E-state index in [1.807, 2.05) is 0 Å². The van der Waals surface area contributed by atoms with Gasteiger partial charge in [0.1, 0.15) is 0 Å². The zero-order valence-corrected chi connectivity index (χ0v) is 11.1. The molecule has 1 aliphatic heterocycles. The highest BCUT2D eigenvalue weighted by molar-refractivity contribution is 4.83. The van der Waals surface area contributed by atoms with Crippen molar-refractivity contribution in [1.82, 2.24) is 10.2 Å². The van der Waals surface area contributed by atoms with E-state index in [1.54, 1.807) is 0 Å². The lowest BCUT2D eigenvalue weighted by Gasteiger charge is -2.38. The third-order valence-corrected chi connectivity index (χ3v) is 3.53. The second-order valence-corrected chi connectivity index (χ2v) is 5.37. The fourth-order valence-electron chi connectivity index (χ4n) is 2.53. The maximum absolute atomic E-state index is 9.06. The lowest BCUT2D eigenvalue weighted by Crippen LogP contribution is -2.49. The van der Waals surface area contributed by atoms with Crippen LogP contribution in [0, 0.1) is 11.8 Å². The van der Waals surface area contributed by atoms with Gasteiger partial charge in [0.25, 0.3) is 0 Å². The van der Waals surface area contributed by atoms with Gasteiger partial charge in [0.05, 0.1) is 0 Å². The molecule has 0 aromatic carbocycles. The lowest BCUT2D eigenvalue weighted by molar-refractivity contribution is 0.113. The van der Waals surface area contributed by atoms with Crippen LogP contribution in [0.1, 0.15) is 33.6 Å². The van der Waals surface area contributed by atoms with E-state index < -0.39 is 0 Å². The van der Waals surface area contributed by atoms with Crippen molar-refractivity contribution in [3.8, 4) is 0 Å². The molecule has 0 aromatic rings. The third-order valence-electron chi connectivity index (χ3n) is 3.53. The van der Waals surface area contributed by atoms with Gasteiger partial charge in [-0.05, 0) is 37.8 Å². The fourth-order valence-corrected chi connectivity index (χ4v) is 2.53. The zero-order chi connectivity index (χ0) is 12.0. The molecule has 1 rings (SSSR count). The average Bonchev–Trinajstić information content (AvgIpc) is 2.28. The molecule has 2 N–H and O–H groups in total. The van der Waals surface area contributed by atoms with Gasteiger partial charge in [0.15, 0.2) is 0 Å². The SMILES string of the molecule is CCCNC1CCN(CC(C)CO)CC1C. The number of likely N-dealkylation sites (tertiary alicyclic amines) is 1. The number of aliphatic hydroxyl groups excluding tert-OH is 1. The first-order valence-electron chi connectivity index (χ1n) is 6.74. The number of aliphatic hydroxyl groups is 1. The van der Waals surface area contributed by atoms with Gasteiger partial charge >= 0.3 is 0 Å². The number of hydrogen-bond acceptors (Lipinski definition) is 3. The summed E-state index contributed by atoms with van der Waals surface area (Å²) in [5.74, 6) is 1.14. The average molecular weight is 228 g/mol. The summed E-state index contributed by atoms with van der Waals surface area (Å²) < 4.78 is 0. The van der Waals surface area contributed by atoms with Gasteiger partial charge in [-0.3, -0.25) is 0 Å². The molecule has 16 heavy (non-hydrogen) atoms. The Hall–Kier alpha value is -0.120. The van der Waals surface area contributed by atoms with Gasteiger partial charge in [0.2, 0.25) is 0 Å². The molecule has 3 unspecified atom stereocenters. The Labute approximate surface area is 100 Å². The predicted molar refractivity (Wildman–Crippen MR) is 68.6 cm³/mol. The minimum atomic E-state index is 0.308. The molecule has 96 valence electrons. The standard InChI is InChI=1S/C13H28N2O/c1-4-6-14-13-5-7-15(9-12(13)3)8-11(2)10-16/h11-14,16H,4-10H2,1-3H3. The number of rotatable bonds is 6. The maximum Gasteiger partial charge on any atom is 0.0468 e. The maximum atomic E-state index is 9.06. The molecular weight excluding hydrogens is 200 g/mol. The molecule has 1 aliphatic rings. The van der Waals surface area contributed by atoms with Crippen molar-refractivity contribution < 1.29 is 5.11 Å². The first-order valence-corrected chi connectivity index (χ1v) is 6.74. The molecule has 0 spiro atoms. The number of hydrogen-bond donors (Lipinski definition) is 2. The predicted octanol–water partition coefficient (Wildman–Crippen LogP) is 1.32. The lowest BCUT2D eigenvalue weighted by atomic mass is 9.93. The molecule has 1 heterocycles. The summed E-state index contributed by atoms with van der Waals surface area (Å²) in [5, 5.41) is 12.7. The van der Waals surface area contributed by atoms with Crippen molar-refractivity contribution in [3.05, 3.63) is 0 Å². The van der Waals surface area contributed by atoms with Crippen LogP contribution in [0.2, 0.25) is 0 Å². The van der Waals surface area contributed by atoms with Crippen LogP contribution in [0.5, 0.6) is 0 Å². The minimum absolute atomic E-state index is 0.308. The second-order valence-electron chi connectivity index (χ2n) is 5.37. The molecule has 0 radical (unpaired) electrons. The normalized spacial score (nSPS) is 29.2. The van der Waals surface area contributed by atoms with Crippen molar-refractivity contribution in [2.45, 2.75) is 39.7 Å². The van der Waals surface area contributed by atoms with Crippen LogP contribution in [0.3, 0.4) is 0 Å². The van der Waals surface area contributed by atoms with Crippen LogP contribution >= 0.6 is 0 Å². The summed E-state index contributed by atoms with van der Waals surface area (Å²) in [6, 6.07) is 0.695. The molecule has 0 bridgehead atoms. The Balaban J connectivity index is 2.27. The monoisotopic (exact) mass is 228 g/mol. The first kappa shape index (κ1) is 13.9. The molecule has 3 atom stereocenters. The van der Waals surface area contributed by atoms with E-state index in [9.17, 15) is 0 Å². The Morgan fingerprint density at radius 1 is 1.50 bits per heavy atom. The van der Waals surface area contributed by atoms with Gasteiger partial charge in [0, 0.05) is 25.7 Å². The number of nitrogens with zero attached hydrogens (tertiary/aromatic N) is 1. The van der Waals surface area contributed by atoms with E-state index in [-0.39, 0.29) is 0 Å². The van der Waals surface area contributed by atoms with Crippen molar-refractivity contribution in [3.63, 3.8) is 0 Å². The Morgan fingerprint density at radius 2 is 2.25 bits per heavy atom. The molecular formula is C13H28N2O. The van der Waals surface area contributed by atoms with E-state index in [0.29, 0.717) is 18.6 Å². The highest BCUT2D eigenvalue weighted by atomic mass is 16.3. The molecule has 3 nitrogen and oxygen atoms in total. The quantitative estimate of drug-likeness (QED) is 0.720. The molecule has 0 amide bonds. The van der Waals surface area contributed by atoms with Crippen LogP contribution in [0.15, 0.2) is 0 Å². The first-order chi connectivity index (χ1) is 7.67. The minimum Gasteiger partial charge on any atom is -0.396 e. The summed E-state index contributed by atoms with van der Waals surface area (Å²) in [7, 11) is 0. The molecule has 1 fully saturated rings. The largest absolute Gasteiger partial charge is 0.396 e. The van der Waals surface area contributed by atoms with Gasteiger partial charge in [-0.2, -0.15) is 0 Å². The highest BCUT2D eigenvalue weighted by Crippen LogP contribution is 2.17. The Morgan fingerprint density at radius 3 is 2.81 bits per heavy atom. The van der Waals surface area contributed by atoms with E-state index >= 15 is 0 Å². The summed E-state index contributed by atoms with van der Waals surface area (Å²) >= 11 is 0. The van der Waals surface area contributed by atoms with Gasteiger partial charge in [-0.1, -0.05) is 20.8 Å². The summed E-state index contributed by atoms with van der Waals surface area (Å²) in [5.41, 5.74) is 0. The summed E-state index contributed by atoms with van der Waals surface area (Å²) in [6.07, 6.45) is 2.47. The Bertz CT molecular complexity index is 187. The van der Waals surface area contributed by atoms with Crippen LogP contribution in [-0.2, 0) is 0 Å². The molecule has 1 saturated heterocycles. The van der Waals surface area contributed by atoms with E-state index in [0.717, 1.165) is 19.0 Å².